The van der Waals surface area contributed by atoms with Crippen LogP contribution in [0.4, 0.5) is 14.5 Å². The van der Waals surface area contributed by atoms with Crippen molar-refractivity contribution in [3.05, 3.63) is 29.8 Å². The Bertz CT molecular complexity index is 488. The molecule has 1 saturated heterocycles. The van der Waals surface area contributed by atoms with E-state index in [0.29, 0.717) is 85.0 Å². The van der Waals surface area contributed by atoms with Gasteiger partial charge < -0.3 is 34.2 Å². The van der Waals surface area contributed by atoms with E-state index >= 15 is 0 Å². The molecule has 0 radical (unpaired) electrons. The van der Waals surface area contributed by atoms with E-state index in [2.05, 4.69) is 5.73 Å². The summed E-state index contributed by atoms with van der Waals surface area (Å²) in [7, 11) is -4.94. The summed E-state index contributed by atoms with van der Waals surface area (Å²) in [5.74, 6) is -1.68. The van der Waals surface area contributed by atoms with Crippen molar-refractivity contribution in [1.29, 1.82) is 0 Å². The molecule has 0 unspecified atom stereocenters. The summed E-state index contributed by atoms with van der Waals surface area (Å²) < 4.78 is 90.2. The molecule has 1 aromatic rings. The SMILES string of the molecule is C1COCCOCCOCCOCCOCCO1.[NH3+]c1ccc(F)c(F)c1.[O-][Cl+3]([O-])([O-])[O-]. The van der Waals surface area contributed by atoms with Crippen molar-refractivity contribution < 1.29 is 71.8 Å². The minimum atomic E-state index is -4.94. The summed E-state index contributed by atoms with van der Waals surface area (Å²) in [6.07, 6.45) is 0. The highest BCUT2D eigenvalue weighted by molar-refractivity contribution is 5.28. The number of quaternary nitrogens is 1. The fourth-order valence-corrected chi connectivity index (χ4v) is 1.86. The van der Waals surface area contributed by atoms with Crippen molar-refractivity contribution in [2.75, 3.05) is 79.3 Å². The monoisotopic (exact) mass is 493 g/mol. The molecule has 1 aliphatic rings. The molecule has 0 atom stereocenters. The maximum absolute atomic E-state index is 12.2. The number of hydrogen-bond acceptors (Lipinski definition) is 10. The van der Waals surface area contributed by atoms with Crippen molar-refractivity contribution in [1.82, 2.24) is 0 Å². The van der Waals surface area contributed by atoms with E-state index in [9.17, 15) is 8.78 Å². The highest BCUT2D eigenvalue weighted by Gasteiger charge is 2.00. The van der Waals surface area contributed by atoms with Crippen LogP contribution in [-0.4, -0.2) is 79.3 Å². The summed E-state index contributed by atoms with van der Waals surface area (Å²) in [6.45, 7) is 7.04. The Hall–Kier alpha value is -1.07. The average Bonchev–Trinajstić information content (AvgIpc) is 2.70. The van der Waals surface area contributed by atoms with Crippen molar-refractivity contribution in [3.63, 3.8) is 0 Å². The van der Waals surface area contributed by atoms with Gasteiger partial charge >= 0.3 is 0 Å². The van der Waals surface area contributed by atoms with Crippen LogP contribution in [0.3, 0.4) is 0 Å². The van der Waals surface area contributed by atoms with E-state index in [1.165, 1.54) is 6.07 Å². The van der Waals surface area contributed by atoms with Gasteiger partial charge in [-0.1, -0.05) is 0 Å². The molecule has 0 aliphatic carbocycles. The Kier molecular flexibility index (Phi) is 19.8. The van der Waals surface area contributed by atoms with Gasteiger partial charge in [0.1, 0.15) is 5.69 Å². The van der Waals surface area contributed by atoms with Crippen LogP contribution < -0.4 is 24.4 Å². The van der Waals surface area contributed by atoms with E-state index in [4.69, 9.17) is 47.1 Å². The first-order chi connectivity index (χ1) is 15.2. The first-order valence-corrected chi connectivity index (χ1v) is 10.8. The van der Waals surface area contributed by atoms with Gasteiger partial charge in [-0.05, 0) is 6.07 Å². The van der Waals surface area contributed by atoms with Gasteiger partial charge in [-0.3, -0.25) is 0 Å². The highest BCUT2D eigenvalue weighted by Crippen LogP contribution is 2.07. The summed E-state index contributed by atoms with van der Waals surface area (Å²) in [4.78, 5) is 0. The molecule has 0 bridgehead atoms. The Morgan fingerprint density at radius 2 is 0.812 bits per heavy atom. The van der Waals surface area contributed by atoms with Gasteiger partial charge in [0.2, 0.25) is 0 Å². The number of halogens is 3. The van der Waals surface area contributed by atoms with Gasteiger partial charge in [0.15, 0.2) is 11.6 Å². The molecule has 0 amide bonds. The second-order valence-corrected chi connectivity index (χ2v) is 6.56. The molecule has 1 aliphatic heterocycles. The molecule has 2 rings (SSSR count). The minimum Gasteiger partial charge on any atom is -0.377 e. The molecule has 0 aromatic heterocycles. The molecule has 32 heavy (non-hydrogen) atoms. The molecule has 3 N–H and O–H groups in total. The van der Waals surface area contributed by atoms with Crippen LogP contribution in [0.25, 0.3) is 0 Å². The Balaban J connectivity index is 0.000000566. The van der Waals surface area contributed by atoms with Crippen LogP contribution >= 0.6 is 0 Å². The second-order valence-electron chi connectivity index (χ2n) is 5.80. The standard InChI is InChI=1S/C12H24O6.C6H5F2N.ClHO4/c1-2-14-5-6-16-9-10-18-12-11-17-8-7-15-4-3-13-1;7-5-2-1-4(9)3-6(5)8;2-1(3,4)5/h1-12H2;1-3H,9H2;(H,2,3,4,5). The zero-order valence-corrected chi connectivity index (χ0v) is 18.4. The van der Waals surface area contributed by atoms with Crippen LogP contribution in [0.5, 0.6) is 0 Å². The third kappa shape index (κ3) is 25.2. The molecule has 0 spiro atoms. The van der Waals surface area contributed by atoms with Crippen LogP contribution in [0.1, 0.15) is 0 Å². The summed E-state index contributed by atoms with van der Waals surface area (Å²) >= 11 is 0. The normalized spacial score (nSPS) is 18.1. The quantitative estimate of drug-likeness (QED) is 0.377. The van der Waals surface area contributed by atoms with Crippen molar-refractivity contribution in [3.8, 4) is 0 Å². The lowest BCUT2D eigenvalue weighted by molar-refractivity contribution is -2.00. The van der Waals surface area contributed by atoms with Crippen molar-refractivity contribution in [2.24, 2.45) is 0 Å². The number of rotatable bonds is 0. The number of ether oxygens (including phenoxy) is 6. The minimum absolute atomic E-state index is 0.480. The molecule has 188 valence electrons. The fourth-order valence-electron chi connectivity index (χ4n) is 1.86. The Labute approximate surface area is 187 Å². The van der Waals surface area contributed by atoms with Gasteiger partial charge in [-0.25, -0.2) is 27.4 Å². The zero-order valence-electron chi connectivity index (χ0n) is 17.6. The van der Waals surface area contributed by atoms with Crippen LogP contribution in [0.15, 0.2) is 18.2 Å². The largest absolute Gasteiger partial charge is 0.377 e. The van der Waals surface area contributed by atoms with Gasteiger partial charge in [0.05, 0.1) is 79.3 Å². The lowest BCUT2D eigenvalue weighted by atomic mass is 10.3. The Morgan fingerprint density at radius 3 is 1.00 bits per heavy atom. The van der Waals surface area contributed by atoms with E-state index in [0.717, 1.165) is 12.1 Å². The molecular formula is C18H30ClF2NO10. The van der Waals surface area contributed by atoms with Crippen LogP contribution in [0, 0.1) is 21.9 Å². The smallest absolute Gasteiger partial charge is 0.164 e. The third-order valence-corrected chi connectivity index (χ3v) is 3.22. The zero-order chi connectivity index (χ0) is 24.1. The lowest BCUT2D eigenvalue weighted by Crippen LogP contribution is -2.68. The summed E-state index contributed by atoms with van der Waals surface area (Å²) in [5, 5.41) is 0. The van der Waals surface area contributed by atoms with Crippen molar-refractivity contribution >= 4 is 5.69 Å². The highest BCUT2D eigenvalue weighted by atomic mass is 35.7. The average molecular weight is 494 g/mol. The topological polar surface area (TPSA) is 175 Å². The Morgan fingerprint density at radius 1 is 0.562 bits per heavy atom. The summed E-state index contributed by atoms with van der Waals surface area (Å²) in [6, 6.07) is 3.52. The first-order valence-electron chi connectivity index (χ1n) is 9.55. The van der Waals surface area contributed by atoms with Crippen LogP contribution in [-0.2, 0) is 28.4 Å². The molecule has 11 nitrogen and oxygen atoms in total. The van der Waals surface area contributed by atoms with E-state index in [-0.39, 0.29) is 0 Å². The van der Waals surface area contributed by atoms with Gasteiger partial charge in [-0.15, -0.1) is 10.2 Å². The van der Waals surface area contributed by atoms with Crippen LogP contribution in [0.2, 0.25) is 0 Å². The van der Waals surface area contributed by atoms with Gasteiger partial charge in [0, 0.05) is 12.1 Å². The molecule has 1 fully saturated rings. The van der Waals surface area contributed by atoms with E-state index in [1.54, 1.807) is 0 Å². The number of benzene rings is 1. The predicted octanol–water partition coefficient (Wildman–Crippen LogP) is -3.82. The summed E-state index contributed by atoms with van der Waals surface area (Å²) in [5.41, 5.74) is 3.90. The maximum Gasteiger partial charge on any atom is 0.164 e. The van der Waals surface area contributed by atoms with E-state index in [1.807, 2.05) is 0 Å². The van der Waals surface area contributed by atoms with Crippen molar-refractivity contribution in [2.45, 2.75) is 0 Å². The van der Waals surface area contributed by atoms with Gasteiger partial charge in [-0.2, -0.15) is 0 Å². The fraction of sp³-hybridized carbons (Fsp3) is 0.667. The van der Waals surface area contributed by atoms with E-state index < -0.39 is 21.9 Å². The van der Waals surface area contributed by atoms with Gasteiger partial charge in [0.25, 0.3) is 0 Å². The molecule has 0 saturated carbocycles. The first kappa shape index (κ1) is 30.9. The molecule has 14 heteroatoms. The molecule has 1 aromatic carbocycles. The maximum atomic E-state index is 12.2. The molecule has 1 heterocycles. The third-order valence-electron chi connectivity index (χ3n) is 3.22. The predicted molar refractivity (Wildman–Crippen MR) is 93.8 cm³/mol. The second kappa shape index (κ2) is 20.5. The lowest BCUT2D eigenvalue weighted by Gasteiger charge is -2.17. The number of hydrogen-bond donors (Lipinski definition) is 1. The molecular weight excluding hydrogens is 464 g/mol.